The van der Waals surface area contributed by atoms with Gasteiger partial charge < -0.3 is 4.90 Å². The van der Waals surface area contributed by atoms with Gasteiger partial charge >= 0.3 is 0 Å². The van der Waals surface area contributed by atoms with Gasteiger partial charge in [-0.15, -0.1) is 0 Å². The topological polar surface area (TPSA) is 6.48 Å². The van der Waals surface area contributed by atoms with Crippen molar-refractivity contribution < 1.29 is 0 Å². The second-order valence-corrected chi connectivity index (χ2v) is 6.96. The summed E-state index contributed by atoms with van der Waals surface area (Å²) in [6.07, 6.45) is 7.14. The van der Waals surface area contributed by atoms with E-state index in [1.54, 1.807) is 0 Å². The van der Waals surface area contributed by atoms with E-state index >= 15 is 0 Å². The first-order valence-electron chi connectivity index (χ1n) is 7.53. The van der Waals surface area contributed by atoms with Crippen LogP contribution >= 0.6 is 0 Å². The molecule has 0 unspecified atom stereocenters. The minimum absolute atomic E-state index is 0.371. The fourth-order valence-electron chi connectivity index (χ4n) is 3.29. The fourth-order valence-corrected chi connectivity index (χ4v) is 3.29. The molecule has 100 valence electrons. The van der Waals surface area contributed by atoms with Crippen molar-refractivity contribution in [2.75, 3.05) is 32.7 Å². The summed E-state index contributed by atoms with van der Waals surface area (Å²) < 4.78 is 0. The van der Waals surface area contributed by atoms with Gasteiger partial charge in [-0.2, -0.15) is 0 Å². The van der Waals surface area contributed by atoms with Crippen molar-refractivity contribution in [1.82, 2.24) is 9.80 Å². The highest BCUT2D eigenvalue weighted by molar-refractivity contribution is 4.83. The molecule has 0 aromatic rings. The maximum Gasteiger partial charge on any atom is 0.0125 e. The molecule has 2 nitrogen and oxygen atoms in total. The Morgan fingerprint density at radius 2 is 1.47 bits per heavy atom. The maximum atomic E-state index is 2.71. The highest BCUT2D eigenvalue weighted by atomic mass is 15.2. The van der Waals surface area contributed by atoms with Gasteiger partial charge in [-0.25, -0.2) is 0 Å². The average molecular weight is 238 g/mol. The smallest absolute Gasteiger partial charge is 0.0125 e. The molecule has 0 atom stereocenters. The molecule has 2 rings (SSSR count). The van der Waals surface area contributed by atoms with E-state index in [-0.39, 0.29) is 0 Å². The molecule has 17 heavy (non-hydrogen) atoms. The van der Waals surface area contributed by atoms with E-state index in [0.717, 1.165) is 5.92 Å². The minimum Gasteiger partial charge on any atom is -0.303 e. The molecule has 0 amide bonds. The van der Waals surface area contributed by atoms with E-state index in [4.69, 9.17) is 0 Å². The lowest BCUT2D eigenvalue weighted by Crippen LogP contribution is -2.47. The molecule has 2 aliphatic heterocycles. The molecule has 2 heteroatoms. The maximum absolute atomic E-state index is 2.71. The number of hydrogen-bond acceptors (Lipinski definition) is 2. The molecule has 0 aromatic carbocycles. The lowest BCUT2D eigenvalue weighted by Gasteiger charge is -2.42. The predicted molar refractivity (Wildman–Crippen MR) is 74.3 cm³/mol. The van der Waals surface area contributed by atoms with Gasteiger partial charge in [-0.3, -0.25) is 4.90 Å². The number of likely N-dealkylation sites (tertiary alicyclic amines) is 2. The quantitative estimate of drug-likeness (QED) is 0.730. The molecule has 0 N–H and O–H groups in total. The van der Waals surface area contributed by atoms with Crippen LogP contribution in [-0.4, -0.2) is 48.1 Å². The van der Waals surface area contributed by atoms with Gasteiger partial charge in [0.15, 0.2) is 0 Å². The van der Waals surface area contributed by atoms with Crippen LogP contribution in [0.1, 0.15) is 52.9 Å². The van der Waals surface area contributed by atoms with Gasteiger partial charge in [0, 0.05) is 12.1 Å². The van der Waals surface area contributed by atoms with E-state index in [1.807, 2.05) is 0 Å². The molecule has 2 fully saturated rings. The Hall–Kier alpha value is -0.0800. The van der Waals surface area contributed by atoms with Crippen LogP contribution in [0, 0.1) is 5.92 Å². The average Bonchev–Trinajstić information content (AvgIpc) is 2.30. The second kappa shape index (κ2) is 5.71. The highest BCUT2D eigenvalue weighted by Gasteiger charge is 2.27. The second-order valence-electron chi connectivity index (χ2n) is 6.96. The molecule has 0 aliphatic carbocycles. The summed E-state index contributed by atoms with van der Waals surface area (Å²) in [4.78, 5) is 5.36. The minimum atomic E-state index is 0.371. The normalized spacial score (nSPS) is 26.3. The van der Waals surface area contributed by atoms with Crippen molar-refractivity contribution in [1.29, 1.82) is 0 Å². The molecule has 0 bridgehead atoms. The SMILES string of the molecule is CC(C)(C)N1CCC(CN2CCCCC2)CC1. The van der Waals surface area contributed by atoms with E-state index in [0.29, 0.717) is 5.54 Å². The summed E-state index contributed by atoms with van der Waals surface area (Å²) in [6.45, 7) is 13.7. The number of hydrogen-bond donors (Lipinski definition) is 0. The Bertz CT molecular complexity index is 218. The zero-order chi connectivity index (χ0) is 12.3. The van der Waals surface area contributed by atoms with Crippen molar-refractivity contribution in [3.63, 3.8) is 0 Å². The molecule has 0 saturated carbocycles. The van der Waals surface area contributed by atoms with Crippen LogP contribution in [0.15, 0.2) is 0 Å². The molecule has 0 spiro atoms. The molecule has 0 aromatic heterocycles. The first-order chi connectivity index (χ1) is 8.05. The van der Waals surface area contributed by atoms with Crippen LogP contribution in [0.2, 0.25) is 0 Å². The third kappa shape index (κ3) is 3.96. The van der Waals surface area contributed by atoms with Crippen LogP contribution in [0.25, 0.3) is 0 Å². The predicted octanol–water partition coefficient (Wildman–Crippen LogP) is 2.98. The standard InChI is InChI=1S/C15H30N2/c1-15(2,3)17-11-7-14(8-12-17)13-16-9-5-4-6-10-16/h14H,4-13H2,1-3H3. The van der Waals surface area contributed by atoms with Crippen molar-refractivity contribution in [2.45, 2.75) is 58.4 Å². The van der Waals surface area contributed by atoms with E-state index in [1.165, 1.54) is 64.8 Å². The fraction of sp³-hybridized carbons (Fsp3) is 1.00. The number of rotatable bonds is 2. The van der Waals surface area contributed by atoms with Crippen LogP contribution < -0.4 is 0 Å². The lowest BCUT2D eigenvalue weighted by atomic mass is 9.92. The van der Waals surface area contributed by atoms with Crippen molar-refractivity contribution in [3.8, 4) is 0 Å². The van der Waals surface area contributed by atoms with Gasteiger partial charge in [-0.1, -0.05) is 6.42 Å². The largest absolute Gasteiger partial charge is 0.303 e. The van der Waals surface area contributed by atoms with Crippen LogP contribution in [0.3, 0.4) is 0 Å². The summed E-state index contributed by atoms with van der Waals surface area (Å²) in [5.74, 6) is 0.965. The Balaban J connectivity index is 1.71. The zero-order valence-electron chi connectivity index (χ0n) is 12.0. The molecule has 2 saturated heterocycles. The van der Waals surface area contributed by atoms with Crippen LogP contribution in [-0.2, 0) is 0 Å². The lowest BCUT2D eigenvalue weighted by molar-refractivity contribution is 0.0713. The first-order valence-corrected chi connectivity index (χ1v) is 7.53. The molecule has 2 aliphatic rings. The monoisotopic (exact) mass is 238 g/mol. The summed E-state index contributed by atoms with van der Waals surface area (Å²) in [5.41, 5.74) is 0.371. The number of piperidine rings is 2. The summed E-state index contributed by atoms with van der Waals surface area (Å²) >= 11 is 0. The summed E-state index contributed by atoms with van der Waals surface area (Å²) in [7, 11) is 0. The Kier molecular flexibility index (Phi) is 4.48. The number of nitrogens with zero attached hydrogens (tertiary/aromatic N) is 2. The van der Waals surface area contributed by atoms with Gasteiger partial charge in [0.25, 0.3) is 0 Å². The zero-order valence-corrected chi connectivity index (χ0v) is 12.0. The third-order valence-electron chi connectivity index (χ3n) is 4.53. The summed E-state index contributed by atoms with van der Waals surface area (Å²) in [6, 6.07) is 0. The van der Waals surface area contributed by atoms with E-state index in [2.05, 4.69) is 30.6 Å². The van der Waals surface area contributed by atoms with Gasteiger partial charge in [0.2, 0.25) is 0 Å². The van der Waals surface area contributed by atoms with Gasteiger partial charge in [0.1, 0.15) is 0 Å². The van der Waals surface area contributed by atoms with E-state index < -0.39 is 0 Å². The first kappa shape index (κ1) is 13.4. The third-order valence-corrected chi connectivity index (χ3v) is 4.53. The Morgan fingerprint density at radius 3 is 2.00 bits per heavy atom. The van der Waals surface area contributed by atoms with Gasteiger partial charge in [-0.05, 0) is 78.6 Å². The van der Waals surface area contributed by atoms with Crippen LogP contribution in [0.4, 0.5) is 0 Å². The van der Waals surface area contributed by atoms with E-state index in [9.17, 15) is 0 Å². The van der Waals surface area contributed by atoms with Crippen molar-refractivity contribution >= 4 is 0 Å². The Morgan fingerprint density at radius 1 is 0.882 bits per heavy atom. The Labute approximate surface area is 107 Å². The van der Waals surface area contributed by atoms with Crippen LogP contribution in [0.5, 0.6) is 0 Å². The summed E-state index contributed by atoms with van der Waals surface area (Å²) in [5, 5.41) is 0. The van der Waals surface area contributed by atoms with Crippen molar-refractivity contribution in [3.05, 3.63) is 0 Å². The molecule has 2 heterocycles. The highest BCUT2D eigenvalue weighted by Crippen LogP contribution is 2.25. The molecule has 0 radical (unpaired) electrons. The molecular formula is C15H30N2. The van der Waals surface area contributed by atoms with Crippen molar-refractivity contribution in [2.24, 2.45) is 5.92 Å². The van der Waals surface area contributed by atoms with Gasteiger partial charge in [0.05, 0.1) is 0 Å². The molecular weight excluding hydrogens is 208 g/mol.